The number of imidazole rings is 1. The van der Waals surface area contributed by atoms with Crippen LogP contribution in [0.5, 0.6) is 5.75 Å². The molecule has 0 aliphatic rings. The van der Waals surface area contributed by atoms with Crippen molar-refractivity contribution in [2.45, 2.75) is 13.8 Å². The third kappa shape index (κ3) is 2.45. The molecule has 1 aromatic carbocycles. The van der Waals surface area contributed by atoms with Crippen LogP contribution in [-0.4, -0.2) is 29.2 Å². The molecule has 1 heterocycles. The van der Waals surface area contributed by atoms with Crippen LogP contribution in [0.3, 0.4) is 0 Å². The normalized spacial score (nSPS) is 10.3. The van der Waals surface area contributed by atoms with Gasteiger partial charge < -0.3 is 9.47 Å². The standard InChI is InChI=1S/C14H16N2O4/c1-4-20-13(17)12-9(2)16(14(18)15-12)10-5-7-11(19-3)8-6-10/h5-8H,4H2,1-3H3,(H,15,18). The molecular formula is C14H16N2O4. The molecular weight excluding hydrogens is 260 g/mol. The zero-order valence-electron chi connectivity index (χ0n) is 11.6. The van der Waals surface area contributed by atoms with Crippen LogP contribution in [0.15, 0.2) is 29.1 Å². The third-order valence-corrected chi connectivity index (χ3v) is 2.94. The van der Waals surface area contributed by atoms with E-state index in [1.54, 1.807) is 45.2 Å². The fraction of sp³-hybridized carbons (Fsp3) is 0.286. The summed E-state index contributed by atoms with van der Waals surface area (Å²) in [5.41, 5.74) is 0.960. The molecule has 0 saturated carbocycles. The van der Waals surface area contributed by atoms with Crippen molar-refractivity contribution in [3.63, 3.8) is 0 Å². The average Bonchev–Trinajstić information content (AvgIpc) is 2.75. The molecule has 106 valence electrons. The second-order valence-electron chi connectivity index (χ2n) is 4.14. The average molecular weight is 276 g/mol. The molecule has 0 spiro atoms. The fourth-order valence-electron chi connectivity index (χ4n) is 1.96. The molecule has 6 nitrogen and oxygen atoms in total. The molecule has 20 heavy (non-hydrogen) atoms. The van der Waals surface area contributed by atoms with Crippen LogP contribution >= 0.6 is 0 Å². The molecule has 0 unspecified atom stereocenters. The Morgan fingerprint density at radius 2 is 1.95 bits per heavy atom. The number of methoxy groups -OCH3 is 1. The lowest BCUT2D eigenvalue weighted by atomic mass is 10.2. The van der Waals surface area contributed by atoms with Crippen LogP contribution in [0.25, 0.3) is 5.69 Å². The molecule has 0 radical (unpaired) electrons. The largest absolute Gasteiger partial charge is 0.497 e. The van der Waals surface area contributed by atoms with Crippen LogP contribution in [0.2, 0.25) is 0 Å². The van der Waals surface area contributed by atoms with E-state index in [9.17, 15) is 9.59 Å². The van der Waals surface area contributed by atoms with E-state index >= 15 is 0 Å². The van der Waals surface area contributed by atoms with Gasteiger partial charge in [0, 0.05) is 0 Å². The Balaban J connectivity index is 2.46. The number of hydrogen-bond acceptors (Lipinski definition) is 4. The second kappa shape index (κ2) is 5.64. The van der Waals surface area contributed by atoms with Crippen LogP contribution in [0, 0.1) is 6.92 Å². The first-order valence-electron chi connectivity index (χ1n) is 6.21. The molecule has 6 heteroatoms. The first-order valence-corrected chi connectivity index (χ1v) is 6.21. The van der Waals surface area contributed by atoms with E-state index in [-0.39, 0.29) is 18.0 Å². The lowest BCUT2D eigenvalue weighted by Crippen LogP contribution is -2.15. The molecule has 1 aromatic heterocycles. The van der Waals surface area contributed by atoms with E-state index in [4.69, 9.17) is 9.47 Å². The Hall–Kier alpha value is -2.50. The number of aromatic nitrogens is 2. The van der Waals surface area contributed by atoms with Crippen molar-refractivity contribution in [2.75, 3.05) is 13.7 Å². The molecule has 0 atom stereocenters. The third-order valence-electron chi connectivity index (χ3n) is 2.94. The number of nitrogens with zero attached hydrogens (tertiary/aromatic N) is 1. The molecule has 0 amide bonds. The van der Waals surface area contributed by atoms with Gasteiger partial charge in [-0.1, -0.05) is 0 Å². The van der Waals surface area contributed by atoms with E-state index in [0.29, 0.717) is 17.1 Å². The maximum absolute atomic E-state index is 12.0. The van der Waals surface area contributed by atoms with Crippen molar-refractivity contribution in [1.82, 2.24) is 9.55 Å². The highest BCUT2D eigenvalue weighted by Crippen LogP contribution is 2.16. The molecule has 2 rings (SSSR count). The minimum Gasteiger partial charge on any atom is -0.497 e. The molecule has 0 saturated heterocycles. The Labute approximate surface area is 116 Å². The van der Waals surface area contributed by atoms with Crippen molar-refractivity contribution < 1.29 is 14.3 Å². The van der Waals surface area contributed by atoms with Gasteiger partial charge in [-0.3, -0.25) is 9.55 Å². The number of carbonyl (C=O) groups is 1. The van der Waals surface area contributed by atoms with Gasteiger partial charge in [-0.25, -0.2) is 9.59 Å². The minimum atomic E-state index is -0.533. The van der Waals surface area contributed by atoms with E-state index in [0.717, 1.165) is 0 Å². The van der Waals surface area contributed by atoms with Gasteiger partial charge >= 0.3 is 11.7 Å². The summed E-state index contributed by atoms with van der Waals surface area (Å²) in [5, 5.41) is 0. The SMILES string of the molecule is CCOC(=O)c1[nH]c(=O)n(-c2ccc(OC)cc2)c1C. The van der Waals surface area contributed by atoms with Gasteiger partial charge in [0.25, 0.3) is 0 Å². The Morgan fingerprint density at radius 3 is 2.50 bits per heavy atom. The predicted molar refractivity (Wildman–Crippen MR) is 73.6 cm³/mol. The summed E-state index contributed by atoms with van der Waals surface area (Å²) in [6.07, 6.45) is 0. The summed E-state index contributed by atoms with van der Waals surface area (Å²) >= 11 is 0. The fourth-order valence-corrected chi connectivity index (χ4v) is 1.96. The van der Waals surface area contributed by atoms with E-state index in [1.807, 2.05) is 0 Å². The van der Waals surface area contributed by atoms with E-state index in [1.165, 1.54) is 4.57 Å². The van der Waals surface area contributed by atoms with Gasteiger partial charge in [0.15, 0.2) is 0 Å². The Bertz CT molecular complexity index is 667. The summed E-state index contributed by atoms with van der Waals surface area (Å²) in [4.78, 5) is 26.3. The number of hydrogen-bond donors (Lipinski definition) is 1. The lowest BCUT2D eigenvalue weighted by Gasteiger charge is -2.06. The maximum atomic E-state index is 12.0. The molecule has 0 bridgehead atoms. The topological polar surface area (TPSA) is 73.3 Å². The summed E-state index contributed by atoms with van der Waals surface area (Å²) in [7, 11) is 1.57. The zero-order chi connectivity index (χ0) is 14.7. The second-order valence-corrected chi connectivity index (χ2v) is 4.14. The predicted octanol–water partition coefficient (Wildman–Crippen LogP) is 1.66. The number of esters is 1. The van der Waals surface area contributed by atoms with Crippen molar-refractivity contribution in [3.05, 3.63) is 46.1 Å². The molecule has 2 aromatic rings. The highest BCUT2D eigenvalue weighted by molar-refractivity contribution is 5.88. The van der Waals surface area contributed by atoms with Gasteiger partial charge in [-0.15, -0.1) is 0 Å². The number of carbonyl (C=O) groups excluding carboxylic acids is 1. The summed E-state index contributed by atoms with van der Waals surface area (Å²) in [6, 6.07) is 6.99. The number of aromatic amines is 1. The molecule has 1 N–H and O–H groups in total. The first-order chi connectivity index (χ1) is 9.58. The molecule has 0 aliphatic carbocycles. The number of H-pyrrole nitrogens is 1. The molecule has 0 aliphatic heterocycles. The number of ether oxygens (including phenoxy) is 2. The highest BCUT2D eigenvalue weighted by atomic mass is 16.5. The first kappa shape index (κ1) is 13.9. The highest BCUT2D eigenvalue weighted by Gasteiger charge is 2.18. The number of nitrogens with one attached hydrogen (secondary N) is 1. The summed E-state index contributed by atoms with van der Waals surface area (Å²) in [6.45, 7) is 3.66. The molecule has 0 fully saturated rings. The van der Waals surface area contributed by atoms with Gasteiger partial charge in [0.1, 0.15) is 11.4 Å². The smallest absolute Gasteiger partial charge is 0.356 e. The number of rotatable bonds is 4. The minimum absolute atomic E-state index is 0.174. The van der Waals surface area contributed by atoms with Gasteiger partial charge in [-0.05, 0) is 38.1 Å². The van der Waals surface area contributed by atoms with Crippen LogP contribution < -0.4 is 10.4 Å². The van der Waals surface area contributed by atoms with Crippen molar-refractivity contribution >= 4 is 5.97 Å². The zero-order valence-corrected chi connectivity index (χ0v) is 11.6. The summed E-state index contributed by atoms with van der Waals surface area (Å²) < 4.78 is 11.4. The van der Waals surface area contributed by atoms with Gasteiger partial charge in [0.2, 0.25) is 0 Å². The van der Waals surface area contributed by atoms with Crippen LogP contribution in [0.4, 0.5) is 0 Å². The monoisotopic (exact) mass is 276 g/mol. The van der Waals surface area contributed by atoms with E-state index < -0.39 is 5.97 Å². The number of benzene rings is 1. The summed E-state index contributed by atoms with van der Waals surface area (Å²) in [5.74, 6) is 0.162. The van der Waals surface area contributed by atoms with Crippen LogP contribution in [0.1, 0.15) is 23.1 Å². The van der Waals surface area contributed by atoms with E-state index in [2.05, 4.69) is 4.98 Å². The van der Waals surface area contributed by atoms with Gasteiger partial charge in [-0.2, -0.15) is 0 Å². The Morgan fingerprint density at radius 1 is 1.30 bits per heavy atom. The van der Waals surface area contributed by atoms with Crippen molar-refractivity contribution in [1.29, 1.82) is 0 Å². The maximum Gasteiger partial charge on any atom is 0.356 e. The van der Waals surface area contributed by atoms with Crippen molar-refractivity contribution in [3.8, 4) is 11.4 Å². The lowest BCUT2D eigenvalue weighted by molar-refractivity contribution is 0.0519. The van der Waals surface area contributed by atoms with Gasteiger partial charge in [0.05, 0.1) is 25.1 Å². The quantitative estimate of drug-likeness (QED) is 0.862. The van der Waals surface area contributed by atoms with Crippen LogP contribution in [-0.2, 0) is 4.74 Å². The van der Waals surface area contributed by atoms with Crippen molar-refractivity contribution in [2.24, 2.45) is 0 Å². The Kier molecular flexibility index (Phi) is 3.93.